The highest BCUT2D eigenvalue weighted by molar-refractivity contribution is 6.17. The lowest BCUT2D eigenvalue weighted by Crippen LogP contribution is -2.02. The normalized spacial score (nSPS) is 10.0. The van der Waals surface area contributed by atoms with Gasteiger partial charge in [-0.1, -0.05) is 6.92 Å². The summed E-state index contributed by atoms with van der Waals surface area (Å²) in [7, 11) is 0. The van der Waals surface area contributed by atoms with Gasteiger partial charge >= 0.3 is 0 Å². The lowest BCUT2D eigenvalue weighted by molar-refractivity contribution is 0.112. The fourth-order valence-electron chi connectivity index (χ4n) is 1.28. The third-order valence-corrected chi connectivity index (χ3v) is 2.37. The molecule has 0 aliphatic rings. The van der Waals surface area contributed by atoms with Crippen LogP contribution in [0.4, 0.5) is 0 Å². The zero-order chi connectivity index (χ0) is 12.5. The van der Waals surface area contributed by atoms with Gasteiger partial charge in [-0.25, -0.2) is 0 Å². The highest BCUT2D eigenvalue weighted by atomic mass is 35.5. The third-order valence-electron chi connectivity index (χ3n) is 2.10. The number of alkyl halides is 1. The molecule has 0 amide bonds. The molecule has 0 saturated heterocycles. The Morgan fingerprint density at radius 3 is 2.65 bits per heavy atom. The van der Waals surface area contributed by atoms with E-state index >= 15 is 0 Å². The van der Waals surface area contributed by atoms with Gasteiger partial charge in [-0.15, -0.1) is 11.6 Å². The Morgan fingerprint density at radius 2 is 2.00 bits per heavy atom. The number of hydrogen-bond donors (Lipinski definition) is 0. The van der Waals surface area contributed by atoms with E-state index in [2.05, 4.69) is 0 Å². The monoisotopic (exact) mass is 256 g/mol. The Kier molecular flexibility index (Phi) is 6.48. The summed E-state index contributed by atoms with van der Waals surface area (Å²) < 4.78 is 11.1. The molecule has 0 fully saturated rings. The summed E-state index contributed by atoms with van der Waals surface area (Å²) >= 11 is 5.58. The number of ether oxygens (including phenoxy) is 2. The molecule has 0 aliphatic heterocycles. The molecule has 3 nitrogen and oxygen atoms in total. The molecular weight excluding hydrogens is 240 g/mol. The van der Waals surface area contributed by atoms with Gasteiger partial charge in [0.15, 0.2) is 11.5 Å². The first-order valence-electron chi connectivity index (χ1n) is 5.72. The van der Waals surface area contributed by atoms with Crippen molar-refractivity contribution in [1.29, 1.82) is 0 Å². The molecule has 94 valence electrons. The fourth-order valence-corrected chi connectivity index (χ4v) is 1.39. The number of halogens is 1. The Hall–Kier alpha value is -1.22. The van der Waals surface area contributed by atoms with Crippen molar-refractivity contribution >= 4 is 17.9 Å². The lowest BCUT2D eigenvalue weighted by atomic mass is 10.2. The van der Waals surface area contributed by atoms with Crippen LogP contribution < -0.4 is 9.47 Å². The molecule has 0 spiro atoms. The molecule has 0 aliphatic carbocycles. The molecule has 0 atom stereocenters. The molecule has 0 saturated carbocycles. The summed E-state index contributed by atoms with van der Waals surface area (Å²) in [4.78, 5) is 10.7. The molecule has 0 heterocycles. The molecular formula is C13H17ClO3. The molecule has 0 bridgehead atoms. The van der Waals surface area contributed by atoms with Crippen LogP contribution in [0.5, 0.6) is 11.5 Å². The van der Waals surface area contributed by atoms with Crippen molar-refractivity contribution in [3.8, 4) is 11.5 Å². The van der Waals surface area contributed by atoms with Crippen molar-refractivity contribution in [2.24, 2.45) is 0 Å². The summed E-state index contributed by atoms with van der Waals surface area (Å²) in [5.74, 6) is 1.83. The standard InChI is InChI=1S/C13H17ClO3/c1-2-7-16-12-5-4-11(10-15)9-13(12)17-8-3-6-14/h4-5,9-10H,2-3,6-8H2,1H3. The first kappa shape index (κ1) is 13.8. The van der Waals surface area contributed by atoms with Gasteiger partial charge in [-0.05, 0) is 31.0 Å². The maximum absolute atomic E-state index is 10.7. The van der Waals surface area contributed by atoms with Crippen molar-refractivity contribution in [2.45, 2.75) is 19.8 Å². The summed E-state index contributed by atoms with van der Waals surface area (Å²) in [6.07, 6.45) is 2.48. The van der Waals surface area contributed by atoms with Crippen LogP contribution >= 0.6 is 11.6 Å². The van der Waals surface area contributed by atoms with Crippen LogP contribution in [0.25, 0.3) is 0 Å². The minimum absolute atomic E-state index is 0.522. The van der Waals surface area contributed by atoms with E-state index in [0.717, 1.165) is 19.1 Å². The van der Waals surface area contributed by atoms with Crippen LogP contribution in [0.2, 0.25) is 0 Å². The van der Waals surface area contributed by atoms with Crippen molar-refractivity contribution in [2.75, 3.05) is 19.1 Å². The molecule has 0 radical (unpaired) electrons. The molecule has 4 heteroatoms. The van der Waals surface area contributed by atoms with Gasteiger partial charge in [-0.2, -0.15) is 0 Å². The van der Waals surface area contributed by atoms with Gasteiger partial charge in [0.1, 0.15) is 6.29 Å². The van der Waals surface area contributed by atoms with E-state index in [1.54, 1.807) is 18.2 Å². The van der Waals surface area contributed by atoms with Gasteiger partial charge in [0.25, 0.3) is 0 Å². The predicted octanol–water partition coefficient (Wildman–Crippen LogP) is 3.30. The van der Waals surface area contributed by atoms with Crippen molar-refractivity contribution < 1.29 is 14.3 Å². The van der Waals surface area contributed by atoms with E-state index in [0.29, 0.717) is 36.2 Å². The van der Waals surface area contributed by atoms with Crippen LogP contribution in [0.1, 0.15) is 30.1 Å². The van der Waals surface area contributed by atoms with E-state index in [4.69, 9.17) is 21.1 Å². The largest absolute Gasteiger partial charge is 0.490 e. The maximum Gasteiger partial charge on any atom is 0.161 e. The van der Waals surface area contributed by atoms with Crippen LogP contribution in [-0.2, 0) is 0 Å². The average molecular weight is 257 g/mol. The van der Waals surface area contributed by atoms with Crippen LogP contribution in [0, 0.1) is 0 Å². The highest BCUT2D eigenvalue weighted by Gasteiger charge is 2.06. The Morgan fingerprint density at radius 1 is 1.24 bits per heavy atom. The van der Waals surface area contributed by atoms with Gasteiger partial charge < -0.3 is 9.47 Å². The summed E-state index contributed by atoms with van der Waals surface area (Å²) in [6, 6.07) is 5.16. The highest BCUT2D eigenvalue weighted by Crippen LogP contribution is 2.28. The number of benzene rings is 1. The zero-order valence-electron chi connectivity index (χ0n) is 9.95. The first-order valence-corrected chi connectivity index (χ1v) is 6.26. The molecule has 1 aromatic carbocycles. The Balaban J connectivity index is 2.75. The number of carbonyl (C=O) groups is 1. The van der Waals surface area contributed by atoms with E-state index in [9.17, 15) is 4.79 Å². The Labute approximate surface area is 107 Å². The van der Waals surface area contributed by atoms with Gasteiger partial charge in [-0.3, -0.25) is 4.79 Å². The third kappa shape index (κ3) is 4.65. The second-order valence-corrected chi connectivity index (χ2v) is 3.94. The predicted molar refractivity (Wildman–Crippen MR) is 68.4 cm³/mol. The van der Waals surface area contributed by atoms with Gasteiger partial charge in [0, 0.05) is 11.4 Å². The maximum atomic E-state index is 10.7. The van der Waals surface area contributed by atoms with Crippen molar-refractivity contribution in [1.82, 2.24) is 0 Å². The van der Waals surface area contributed by atoms with Crippen LogP contribution in [0.3, 0.4) is 0 Å². The Bertz CT molecular complexity index is 353. The number of aldehydes is 1. The molecule has 1 rings (SSSR count). The topological polar surface area (TPSA) is 35.5 Å². The van der Waals surface area contributed by atoms with Crippen molar-refractivity contribution in [3.05, 3.63) is 23.8 Å². The molecule has 17 heavy (non-hydrogen) atoms. The summed E-state index contributed by atoms with van der Waals surface area (Å²) in [5, 5.41) is 0. The number of rotatable bonds is 8. The van der Waals surface area contributed by atoms with E-state index < -0.39 is 0 Å². The van der Waals surface area contributed by atoms with Gasteiger partial charge in [0.05, 0.1) is 13.2 Å². The van der Waals surface area contributed by atoms with E-state index in [1.807, 2.05) is 6.92 Å². The number of carbonyl (C=O) groups excluding carboxylic acids is 1. The molecule has 1 aromatic rings. The van der Waals surface area contributed by atoms with E-state index in [-0.39, 0.29) is 0 Å². The van der Waals surface area contributed by atoms with Crippen LogP contribution in [-0.4, -0.2) is 25.4 Å². The second-order valence-electron chi connectivity index (χ2n) is 3.56. The van der Waals surface area contributed by atoms with Crippen molar-refractivity contribution in [3.63, 3.8) is 0 Å². The minimum atomic E-state index is 0.522. The minimum Gasteiger partial charge on any atom is -0.490 e. The van der Waals surface area contributed by atoms with Crippen LogP contribution in [0.15, 0.2) is 18.2 Å². The van der Waals surface area contributed by atoms with E-state index in [1.165, 1.54) is 0 Å². The van der Waals surface area contributed by atoms with Gasteiger partial charge in [0.2, 0.25) is 0 Å². The molecule has 0 N–H and O–H groups in total. The molecule has 0 unspecified atom stereocenters. The fraction of sp³-hybridized carbons (Fsp3) is 0.462. The average Bonchev–Trinajstić information content (AvgIpc) is 2.37. The smallest absolute Gasteiger partial charge is 0.161 e. The quantitative estimate of drug-likeness (QED) is 0.407. The zero-order valence-corrected chi connectivity index (χ0v) is 10.7. The number of hydrogen-bond acceptors (Lipinski definition) is 3. The SMILES string of the molecule is CCCOc1ccc(C=O)cc1OCCCCl. The lowest BCUT2D eigenvalue weighted by Gasteiger charge is -2.12. The second kappa shape index (κ2) is 7.96. The molecule has 0 aromatic heterocycles. The summed E-state index contributed by atoms with van der Waals surface area (Å²) in [5.41, 5.74) is 0.578. The first-order chi connectivity index (χ1) is 8.31. The summed E-state index contributed by atoms with van der Waals surface area (Å²) in [6.45, 7) is 3.19.